The van der Waals surface area contributed by atoms with Crippen molar-refractivity contribution in [2.24, 2.45) is 0 Å². The molecule has 0 aromatic heterocycles. The third-order valence-corrected chi connectivity index (χ3v) is 4.21. The SMILES string of the molecule is COc1cccc(N2CCN(CCOc3ccccc3)CC2)c1. The molecule has 2 aromatic carbocycles. The molecule has 122 valence electrons. The number of nitrogens with zero attached hydrogens (tertiary/aromatic N) is 2. The van der Waals surface area contributed by atoms with Gasteiger partial charge >= 0.3 is 0 Å². The van der Waals surface area contributed by atoms with Crippen LogP contribution >= 0.6 is 0 Å². The van der Waals surface area contributed by atoms with E-state index in [9.17, 15) is 0 Å². The molecule has 0 atom stereocenters. The Labute approximate surface area is 138 Å². The van der Waals surface area contributed by atoms with Gasteiger partial charge in [0.1, 0.15) is 18.1 Å². The van der Waals surface area contributed by atoms with E-state index in [1.165, 1.54) is 5.69 Å². The topological polar surface area (TPSA) is 24.9 Å². The zero-order chi connectivity index (χ0) is 15.9. The van der Waals surface area contributed by atoms with E-state index in [-0.39, 0.29) is 0 Å². The third-order valence-electron chi connectivity index (χ3n) is 4.21. The van der Waals surface area contributed by atoms with Crippen molar-refractivity contribution < 1.29 is 9.47 Å². The zero-order valence-corrected chi connectivity index (χ0v) is 13.6. The minimum atomic E-state index is 0.739. The molecule has 1 aliphatic heterocycles. The van der Waals surface area contributed by atoms with E-state index in [4.69, 9.17) is 9.47 Å². The standard InChI is InChI=1S/C19H24N2O2/c1-22-19-9-5-6-17(16-19)21-12-10-20(11-13-21)14-15-23-18-7-3-2-4-8-18/h2-9,16H,10-15H2,1H3. The maximum absolute atomic E-state index is 5.78. The summed E-state index contributed by atoms with van der Waals surface area (Å²) in [5.41, 5.74) is 1.24. The molecule has 0 unspecified atom stereocenters. The highest BCUT2D eigenvalue weighted by atomic mass is 16.5. The number of benzene rings is 2. The minimum Gasteiger partial charge on any atom is -0.497 e. The molecule has 0 saturated carbocycles. The summed E-state index contributed by atoms with van der Waals surface area (Å²) in [4.78, 5) is 4.87. The van der Waals surface area contributed by atoms with Crippen LogP contribution < -0.4 is 14.4 Å². The highest BCUT2D eigenvalue weighted by Gasteiger charge is 2.17. The van der Waals surface area contributed by atoms with E-state index in [2.05, 4.69) is 21.9 Å². The van der Waals surface area contributed by atoms with Gasteiger partial charge in [-0.05, 0) is 24.3 Å². The number of hydrogen-bond donors (Lipinski definition) is 0. The predicted molar refractivity (Wildman–Crippen MR) is 93.6 cm³/mol. The lowest BCUT2D eigenvalue weighted by Crippen LogP contribution is -2.47. The van der Waals surface area contributed by atoms with Gasteiger partial charge in [0, 0.05) is 44.5 Å². The van der Waals surface area contributed by atoms with E-state index in [1.807, 2.05) is 42.5 Å². The van der Waals surface area contributed by atoms with Crippen LogP contribution in [0.25, 0.3) is 0 Å². The maximum Gasteiger partial charge on any atom is 0.120 e. The first-order valence-electron chi connectivity index (χ1n) is 8.14. The number of hydrogen-bond acceptors (Lipinski definition) is 4. The summed E-state index contributed by atoms with van der Waals surface area (Å²) in [6.07, 6.45) is 0. The van der Waals surface area contributed by atoms with Gasteiger partial charge in [0.2, 0.25) is 0 Å². The molecule has 3 rings (SSSR count). The van der Waals surface area contributed by atoms with E-state index in [0.717, 1.165) is 50.8 Å². The molecular formula is C19H24N2O2. The van der Waals surface area contributed by atoms with Crippen LogP contribution in [0.5, 0.6) is 11.5 Å². The largest absolute Gasteiger partial charge is 0.497 e. The second kappa shape index (κ2) is 7.88. The third kappa shape index (κ3) is 4.39. The quantitative estimate of drug-likeness (QED) is 0.819. The van der Waals surface area contributed by atoms with Crippen molar-refractivity contribution in [3.63, 3.8) is 0 Å². The van der Waals surface area contributed by atoms with Gasteiger partial charge in [-0.15, -0.1) is 0 Å². The first-order valence-corrected chi connectivity index (χ1v) is 8.14. The van der Waals surface area contributed by atoms with Gasteiger partial charge in [0.25, 0.3) is 0 Å². The number of para-hydroxylation sites is 1. The van der Waals surface area contributed by atoms with Crippen molar-refractivity contribution in [3.8, 4) is 11.5 Å². The van der Waals surface area contributed by atoms with Crippen LogP contribution in [0, 0.1) is 0 Å². The van der Waals surface area contributed by atoms with Crippen LogP contribution in [-0.4, -0.2) is 51.3 Å². The Morgan fingerprint density at radius 2 is 1.61 bits per heavy atom. The molecule has 0 amide bonds. The normalized spacial score (nSPS) is 15.4. The molecule has 23 heavy (non-hydrogen) atoms. The number of anilines is 1. The zero-order valence-electron chi connectivity index (χ0n) is 13.6. The smallest absolute Gasteiger partial charge is 0.120 e. The number of methoxy groups -OCH3 is 1. The summed E-state index contributed by atoms with van der Waals surface area (Å²) >= 11 is 0. The summed E-state index contributed by atoms with van der Waals surface area (Å²) < 4.78 is 11.1. The number of rotatable bonds is 6. The van der Waals surface area contributed by atoms with Crippen LogP contribution in [0.2, 0.25) is 0 Å². The molecule has 2 aromatic rings. The Bertz CT molecular complexity index is 595. The van der Waals surface area contributed by atoms with E-state index >= 15 is 0 Å². The second-order valence-corrected chi connectivity index (χ2v) is 5.69. The fraction of sp³-hybridized carbons (Fsp3) is 0.368. The molecule has 0 radical (unpaired) electrons. The molecule has 1 saturated heterocycles. The summed E-state index contributed by atoms with van der Waals surface area (Å²) in [6.45, 7) is 5.92. The molecular weight excluding hydrogens is 288 g/mol. The van der Waals surface area contributed by atoms with Crippen LogP contribution in [-0.2, 0) is 0 Å². The van der Waals surface area contributed by atoms with Crippen molar-refractivity contribution in [2.75, 3.05) is 51.3 Å². The molecule has 4 heteroatoms. The Morgan fingerprint density at radius 3 is 2.35 bits per heavy atom. The maximum atomic E-state index is 5.78. The average Bonchev–Trinajstić information content (AvgIpc) is 2.63. The first-order chi connectivity index (χ1) is 11.3. The molecule has 0 aliphatic carbocycles. The minimum absolute atomic E-state index is 0.739. The molecule has 0 spiro atoms. The van der Waals surface area contributed by atoms with Crippen molar-refractivity contribution in [2.45, 2.75) is 0 Å². The van der Waals surface area contributed by atoms with Crippen molar-refractivity contribution in [3.05, 3.63) is 54.6 Å². The van der Waals surface area contributed by atoms with Gasteiger partial charge in [0.05, 0.1) is 7.11 Å². The molecule has 0 bridgehead atoms. The second-order valence-electron chi connectivity index (χ2n) is 5.69. The van der Waals surface area contributed by atoms with Gasteiger partial charge in [-0.2, -0.15) is 0 Å². The molecule has 1 aliphatic rings. The van der Waals surface area contributed by atoms with Crippen molar-refractivity contribution in [1.82, 2.24) is 4.90 Å². The van der Waals surface area contributed by atoms with Crippen LogP contribution in [0.1, 0.15) is 0 Å². The lowest BCUT2D eigenvalue weighted by molar-refractivity contribution is 0.200. The molecule has 1 fully saturated rings. The van der Waals surface area contributed by atoms with Crippen molar-refractivity contribution in [1.29, 1.82) is 0 Å². The van der Waals surface area contributed by atoms with Crippen LogP contribution in [0.4, 0.5) is 5.69 Å². The Kier molecular flexibility index (Phi) is 5.37. The monoisotopic (exact) mass is 312 g/mol. The van der Waals surface area contributed by atoms with Gasteiger partial charge < -0.3 is 14.4 Å². The Balaban J connectivity index is 1.43. The van der Waals surface area contributed by atoms with Gasteiger partial charge in [-0.1, -0.05) is 24.3 Å². The van der Waals surface area contributed by atoms with E-state index in [0.29, 0.717) is 0 Å². The average molecular weight is 312 g/mol. The number of ether oxygens (including phenoxy) is 2. The summed E-state index contributed by atoms with van der Waals surface area (Å²) in [6, 6.07) is 18.3. The highest BCUT2D eigenvalue weighted by molar-refractivity contribution is 5.51. The van der Waals surface area contributed by atoms with Crippen LogP contribution in [0.15, 0.2) is 54.6 Å². The fourth-order valence-electron chi connectivity index (χ4n) is 2.85. The Hall–Kier alpha value is -2.20. The van der Waals surface area contributed by atoms with Gasteiger partial charge in [-0.3, -0.25) is 4.90 Å². The van der Waals surface area contributed by atoms with E-state index in [1.54, 1.807) is 7.11 Å². The van der Waals surface area contributed by atoms with Crippen molar-refractivity contribution >= 4 is 5.69 Å². The molecule has 0 N–H and O–H groups in total. The first kappa shape index (κ1) is 15.7. The molecule has 4 nitrogen and oxygen atoms in total. The summed E-state index contributed by atoms with van der Waals surface area (Å²) in [5, 5.41) is 0. The Morgan fingerprint density at radius 1 is 0.870 bits per heavy atom. The highest BCUT2D eigenvalue weighted by Crippen LogP contribution is 2.22. The van der Waals surface area contributed by atoms with Gasteiger partial charge in [0.15, 0.2) is 0 Å². The lowest BCUT2D eigenvalue weighted by Gasteiger charge is -2.36. The van der Waals surface area contributed by atoms with Gasteiger partial charge in [-0.25, -0.2) is 0 Å². The fourth-order valence-corrected chi connectivity index (χ4v) is 2.85. The summed E-state index contributed by atoms with van der Waals surface area (Å²) in [5.74, 6) is 1.86. The van der Waals surface area contributed by atoms with E-state index < -0.39 is 0 Å². The molecule has 1 heterocycles. The number of piperazine rings is 1. The summed E-state index contributed by atoms with van der Waals surface area (Å²) in [7, 11) is 1.71. The predicted octanol–water partition coefficient (Wildman–Crippen LogP) is 2.90. The lowest BCUT2D eigenvalue weighted by atomic mass is 10.2. The van der Waals surface area contributed by atoms with Crippen LogP contribution in [0.3, 0.4) is 0 Å².